The lowest BCUT2D eigenvalue weighted by molar-refractivity contribution is 0.185. The van der Waals surface area contributed by atoms with E-state index in [-0.39, 0.29) is 5.56 Å². The van der Waals surface area contributed by atoms with Gasteiger partial charge in [-0.05, 0) is 18.6 Å². The minimum absolute atomic E-state index is 0.0832. The Bertz CT molecular complexity index is 1190. The summed E-state index contributed by atoms with van der Waals surface area (Å²) in [6.45, 7) is 3.15. The lowest BCUT2D eigenvalue weighted by atomic mass is 10.2. The molecule has 1 aromatic carbocycles. The van der Waals surface area contributed by atoms with Crippen LogP contribution in [-0.2, 0) is 17.0 Å². The fourth-order valence-corrected chi connectivity index (χ4v) is 3.96. The number of thioether (sulfide) groups is 1. The highest BCUT2D eigenvalue weighted by atomic mass is 32.2. The van der Waals surface area contributed by atoms with Crippen LogP contribution in [0, 0.1) is 6.92 Å². The van der Waals surface area contributed by atoms with Gasteiger partial charge in [0.25, 0.3) is 5.56 Å². The molecule has 0 atom stereocenters. The molecule has 0 unspecified atom stereocenters. The first-order chi connectivity index (χ1) is 14.2. The highest BCUT2D eigenvalue weighted by Gasteiger charge is 2.15. The van der Waals surface area contributed by atoms with E-state index in [1.165, 1.54) is 11.8 Å². The highest BCUT2D eigenvalue weighted by molar-refractivity contribution is 7.98. The van der Waals surface area contributed by atoms with Gasteiger partial charge in [-0.15, -0.1) is 10.2 Å². The molecule has 0 saturated heterocycles. The van der Waals surface area contributed by atoms with Crippen molar-refractivity contribution in [2.45, 2.75) is 24.4 Å². The SMILES string of the molecule is COCCn1c(SCc2cc(=O)n3cccc(C)c3n2)nnc1-c1ccccc1. The summed E-state index contributed by atoms with van der Waals surface area (Å²) in [6.07, 6.45) is 1.74. The lowest BCUT2D eigenvalue weighted by Gasteiger charge is -2.10. The minimum atomic E-state index is -0.0832. The molecule has 4 rings (SSSR count). The summed E-state index contributed by atoms with van der Waals surface area (Å²) in [7, 11) is 1.67. The van der Waals surface area contributed by atoms with Gasteiger partial charge in [0, 0.05) is 30.7 Å². The number of pyridine rings is 1. The van der Waals surface area contributed by atoms with Gasteiger partial charge in [-0.1, -0.05) is 48.2 Å². The molecule has 0 aliphatic carbocycles. The van der Waals surface area contributed by atoms with Crippen molar-refractivity contribution in [2.75, 3.05) is 13.7 Å². The van der Waals surface area contributed by atoms with Crippen LogP contribution in [0.25, 0.3) is 17.0 Å². The Hall–Kier alpha value is -2.97. The molecule has 0 aliphatic heterocycles. The van der Waals surface area contributed by atoms with Crippen molar-refractivity contribution < 1.29 is 4.74 Å². The van der Waals surface area contributed by atoms with Crippen LogP contribution in [0.3, 0.4) is 0 Å². The van der Waals surface area contributed by atoms with Crippen molar-refractivity contribution in [3.63, 3.8) is 0 Å². The second kappa shape index (κ2) is 8.59. The normalized spacial score (nSPS) is 11.2. The molecule has 0 aliphatic rings. The number of fused-ring (bicyclic) bond motifs is 1. The fourth-order valence-electron chi connectivity index (χ4n) is 3.10. The molecule has 4 aromatic rings. The fraction of sp³-hybridized carbons (Fsp3) is 0.238. The Labute approximate surface area is 172 Å². The maximum Gasteiger partial charge on any atom is 0.258 e. The summed E-state index contributed by atoms with van der Waals surface area (Å²) in [5.74, 6) is 1.33. The predicted molar refractivity (Wildman–Crippen MR) is 113 cm³/mol. The molecule has 8 heteroatoms. The Morgan fingerprint density at radius 2 is 1.93 bits per heavy atom. The van der Waals surface area contributed by atoms with Crippen molar-refractivity contribution in [1.82, 2.24) is 24.1 Å². The molecule has 0 amide bonds. The van der Waals surface area contributed by atoms with Gasteiger partial charge in [0.1, 0.15) is 5.65 Å². The number of methoxy groups -OCH3 is 1. The van der Waals surface area contributed by atoms with Crippen LogP contribution >= 0.6 is 11.8 Å². The van der Waals surface area contributed by atoms with E-state index in [9.17, 15) is 4.79 Å². The number of nitrogens with zero attached hydrogens (tertiary/aromatic N) is 5. The molecule has 0 bridgehead atoms. The number of aryl methyl sites for hydroxylation is 1. The number of benzene rings is 1. The monoisotopic (exact) mass is 407 g/mol. The van der Waals surface area contributed by atoms with Crippen LogP contribution in [0.5, 0.6) is 0 Å². The van der Waals surface area contributed by atoms with Crippen LogP contribution in [0.4, 0.5) is 0 Å². The highest BCUT2D eigenvalue weighted by Crippen LogP contribution is 2.26. The van der Waals surface area contributed by atoms with Gasteiger partial charge in [0.2, 0.25) is 0 Å². The molecular weight excluding hydrogens is 386 g/mol. The summed E-state index contributed by atoms with van der Waals surface area (Å²) in [5, 5.41) is 9.53. The molecule has 3 aromatic heterocycles. The maximum atomic E-state index is 12.4. The summed E-state index contributed by atoms with van der Waals surface area (Å²) < 4.78 is 8.87. The van der Waals surface area contributed by atoms with E-state index in [4.69, 9.17) is 4.74 Å². The van der Waals surface area contributed by atoms with Crippen LogP contribution < -0.4 is 5.56 Å². The molecule has 0 fully saturated rings. The van der Waals surface area contributed by atoms with E-state index in [1.807, 2.05) is 54.0 Å². The largest absolute Gasteiger partial charge is 0.383 e. The van der Waals surface area contributed by atoms with Crippen molar-refractivity contribution >= 4 is 17.4 Å². The summed E-state index contributed by atoms with van der Waals surface area (Å²) in [6, 6.07) is 15.3. The molecule has 29 heavy (non-hydrogen) atoms. The zero-order chi connectivity index (χ0) is 20.2. The number of hydrogen-bond donors (Lipinski definition) is 0. The van der Waals surface area contributed by atoms with Crippen molar-refractivity contribution in [1.29, 1.82) is 0 Å². The van der Waals surface area contributed by atoms with E-state index in [2.05, 4.69) is 15.2 Å². The van der Waals surface area contributed by atoms with Gasteiger partial charge in [-0.25, -0.2) is 4.98 Å². The first-order valence-corrected chi connectivity index (χ1v) is 10.2. The first kappa shape index (κ1) is 19.4. The summed E-state index contributed by atoms with van der Waals surface area (Å²) >= 11 is 1.51. The third-order valence-corrected chi connectivity index (χ3v) is 5.56. The molecular formula is C21H21N5O2S. The number of aromatic nitrogens is 5. The Balaban J connectivity index is 1.63. The average molecular weight is 407 g/mol. The minimum Gasteiger partial charge on any atom is -0.383 e. The van der Waals surface area contributed by atoms with Crippen LogP contribution in [0.1, 0.15) is 11.3 Å². The van der Waals surface area contributed by atoms with Crippen LogP contribution in [-0.4, -0.2) is 37.9 Å². The number of rotatable bonds is 7. The summed E-state index contributed by atoms with van der Waals surface area (Å²) in [5.41, 5.74) is 3.28. The smallest absolute Gasteiger partial charge is 0.258 e. The standard InChI is InChI=1S/C21H21N5O2S/c1-15-7-6-10-25-18(27)13-17(22-19(15)25)14-29-21-24-23-20(26(21)11-12-28-2)16-8-4-3-5-9-16/h3-10,13H,11-12,14H2,1-2H3. The predicted octanol–water partition coefficient (Wildman–Crippen LogP) is 3.20. The zero-order valence-corrected chi connectivity index (χ0v) is 17.1. The van der Waals surface area contributed by atoms with Gasteiger partial charge in [0.05, 0.1) is 18.8 Å². The Morgan fingerprint density at radius 3 is 2.72 bits per heavy atom. The van der Waals surface area contributed by atoms with Gasteiger partial charge >= 0.3 is 0 Å². The van der Waals surface area contributed by atoms with E-state index in [0.29, 0.717) is 24.6 Å². The molecule has 0 spiro atoms. The maximum absolute atomic E-state index is 12.4. The first-order valence-electron chi connectivity index (χ1n) is 9.25. The molecule has 148 valence electrons. The topological polar surface area (TPSA) is 74.3 Å². The summed E-state index contributed by atoms with van der Waals surface area (Å²) in [4.78, 5) is 17.1. The van der Waals surface area contributed by atoms with Crippen molar-refractivity contribution in [3.8, 4) is 11.4 Å². The van der Waals surface area contributed by atoms with Crippen molar-refractivity contribution in [2.24, 2.45) is 0 Å². The van der Waals surface area contributed by atoms with Gasteiger partial charge in [-0.2, -0.15) is 0 Å². The van der Waals surface area contributed by atoms with Gasteiger partial charge < -0.3 is 4.74 Å². The molecule has 0 saturated carbocycles. The quantitative estimate of drug-likeness (QED) is 0.438. The van der Waals surface area contributed by atoms with Crippen molar-refractivity contribution in [3.05, 3.63) is 76.3 Å². The van der Waals surface area contributed by atoms with E-state index in [0.717, 1.165) is 27.8 Å². The third kappa shape index (κ3) is 4.08. The van der Waals surface area contributed by atoms with E-state index < -0.39 is 0 Å². The zero-order valence-electron chi connectivity index (χ0n) is 16.3. The average Bonchev–Trinajstić information content (AvgIpc) is 3.15. The van der Waals surface area contributed by atoms with Crippen LogP contribution in [0.15, 0.2) is 64.7 Å². The molecule has 0 N–H and O–H groups in total. The molecule has 3 heterocycles. The molecule has 0 radical (unpaired) electrons. The van der Waals surface area contributed by atoms with E-state index >= 15 is 0 Å². The van der Waals surface area contributed by atoms with E-state index in [1.54, 1.807) is 23.8 Å². The van der Waals surface area contributed by atoms with Crippen LogP contribution in [0.2, 0.25) is 0 Å². The lowest BCUT2D eigenvalue weighted by Crippen LogP contribution is -2.15. The van der Waals surface area contributed by atoms with Gasteiger partial charge in [-0.3, -0.25) is 13.8 Å². The van der Waals surface area contributed by atoms with Gasteiger partial charge in [0.15, 0.2) is 11.0 Å². The third-order valence-electron chi connectivity index (χ3n) is 4.56. The molecule has 7 nitrogen and oxygen atoms in total. The Morgan fingerprint density at radius 1 is 1.10 bits per heavy atom. The number of hydrogen-bond acceptors (Lipinski definition) is 6. The second-order valence-electron chi connectivity index (χ2n) is 6.58. The Kier molecular flexibility index (Phi) is 5.73. The second-order valence-corrected chi connectivity index (χ2v) is 7.52. The number of ether oxygens (including phenoxy) is 1.